The predicted molar refractivity (Wildman–Crippen MR) is 224 cm³/mol. The lowest BCUT2D eigenvalue weighted by atomic mass is 9.90. The second-order valence-electron chi connectivity index (χ2n) is 14.4. The van der Waals surface area contributed by atoms with Crippen LogP contribution < -0.4 is 21.3 Å². The van der Waals surface area contributed by atoms with Gasteiger partial charge in [0.15, 0.2) is 0 Å². The zero-order valence-corrected chi connectivity index (χ0v) is 37.6. The molecule has 2 atom stereocenters. The summed E-state index contributed by atoms with van der Waals surface area (Å²) in [5, 5.41) is 12.3. The van der Waals surface area contributed by atoms with Crippen LogP contribution in [0.15, 0.2) is 0 Å². The second kappa shape index (κ2) is 33.8. The van der Waals surface area contributed by atoms with Crippen LogP contribution in [0.5, 0.6) is 0 Å². The summed E-state index contributed by atoms with van der Waals surface area (Å²) >= 11 is 0. The molecule has 0 aromatic rings. The van der Waals surface area contributed by atoms with Crippen molar-refractivity contribution in [3.8, 4) is 0 Å². The zero-order chi connectivity index (χ0) is 39.6. The SMILES string of the molecule is CCO[Si](CCCCCCCCCCNC(=O)NC1CCCCC1NC(=O)NCCCCCCCCCC[Si](OCC)(OCC)OCC)(OCC)OCC. The summed E-state index contributed by atoms with van der Waals surface area (Å²) in [5.74, 6) is 0. The van der Waals surface area contributed by atoms with Crippen molar-refractivity contribution in [2.75, 3.05) is 52.7 Å². The van der Waals surface area contributed by atoms with Gasteiger partial charge < -0.3 is 47.8 Å². The molecule has 0 spiro atoms. The van der Waals surface area contributed by atoms with Crippen LogP contribution in [0, 0.1) is 0 Å². The quantitative estimate of drug-likeness (QED) is 0.0364. The minimum Gasteiger partial charge on any atom is -0.374 e. The average Bonchev–Trinajstić information content (AvgIpc) is 3.14. The lowest BCUT2D eigenvalue weighted by molar-refractivity contribution is 0.0698. The van der Waals surface area contributed by atoms with Gasteiger partial charge in [-0.1, -0.05) is 89.9 Å². The largest absolute Gasteiger partial charge is 0.500 e. The molecule has 0 radical (unpaired) electrons. The number of carbonyl (C=O) groups is 2. The van der Waals surface area contributed by atoms with Crippen molar-refractivity contribution < 1.29 is 36.1 Å². The highest BCUT2D eigenvalue weighted by Gasteiger charge is 2.40. The molecule has 14 heteroatoms. The Bertz CT molecular complexity index is 806. The van der Waals surface area contributed by atoms with Gasteiger partial charge in [-0.15, -0.1) is 0 Å². The van der Waals surface area contributed by atoms with E-state index in [-0.39, 0.29) is 24.1 Å². The smallest absolute Gasteiger partial charge is 0.374 e. The fourth-order valence-corrected chi connectivity index (χ4v) is 12.7. The molecule has 1 aliphatic rings. The van der Waals surface area contributed by atoms with Crippen molar-refractivity contribution in [1.82, 2.24) is 21.3 Å². The molecule has 0 saturated heterocycles. The van der Waals surface area contributed by atoms with E-state index >= 15 is 0 Å². The van der Waals surface area contributed by atoms with Gasteiger partial charge in [-0.3, -0.25) is 0 Å². The number of hydrogen-bond donors (Lipinski definition) is 4. The van der Waals surface area contributed by atoms with Crippen LogP contribution in [-0.4, -0.2) is 94.5 Å². The standard InChI is InChI=1S/C40H84N4O8Si2/c1-7-47-53(48-8-2,49-9-3)35-29-23-19-15-13-17-21-27-33-41-39(45)43-37-31-25-26-32-38(37)44-40(46)42-34-28-22-18-14-16-20-24-30-36-54(50-10-4,51-11-5)52-12-6/h37-38H,7-36H2,1-6H3,(H2,41,43,45)(H2,42,44,46). The summed E-state index contributed by atoms with van der Waals surface area (Å²) < 4.78 is 35.8. The average molecular weight is 805 g/mol. The Kier molecular flexibility index (Phi) is 31.8. The minimum absolute atomic E-state index is 0.0378. The van der Waals surface area contributed by atoms with Gasteiger partial charge in [-0.05, 0) is 80.1 Å². The Labute approximate surface area is 333 Å². The van der Waals surface area contributed by atoms with Crippen LogP contribution in [0.4, 0.5) is 9.59 Å². The lowest BCUT2D eigenvalue weighted by Gasteiger charge is -2.32. The molecule has 2 unspecified atom stereocenters. The Morgan fingerprint density at radius 3 is 0.963 bits per heavy atom. The van der Waals surface area contributed by atoms with Gasteiger partial charge in [0, 0.05) is 64.8 Å². The van der Waals surface area contributed by atoms with Crippen molar-refractivity contribution in [2.24, 2.45) is 0 Å². The van der Waals surface area contributed by atoms with Gasteiger partial charge in [0.25, 0.3) is 0 Å². The van der Waals surface area contributed by atoms with E-state index in [1.165, 1.54) is 64.2 Å². The van der Waals surface area contributed by atoms with E-state index in [0.29, 0.717) is 52.7 Å². The molecule has 4 N–H and O–H groups in total. The topological polar surface area (TPSA) is 138 Å². The first-order valence-electron chi connectivity index (χ1n) is 22.2. The van der Waals surface area contributed by atoms with Crippen molar-refractivity contribution >= 4 is 29.7 Å². The molecule has 54 heavy (non-hydrogen) atoms. The third kappa shape index (κ3) is 24.4. The van der Waals surface area contributed by atoms with Gasteiger partial charge in [0.05, 0.1) is 12.1 Å². The monoisotopic (exact) mass is 805 g/mol. The molecule has 12 nitrogen and oxygen atoms in total. The first kappa shape index (κ1) is 50.8. The van der Waals surface area contributed by atoms with Crippen LogP contribution in [-0.2, 0) is 26.6 Å². The van der Waals surface area contributed by atoms with E-state index in [4.69, 9.17) is 26.6 Å². The molecule has 1 fully saturated rings. The van der Waals surface area contributed by atoms with Crippen LogP contribution in [0.3, 0.4) is 0 Å². The van der Waals surface area contributed by atoms with Crippen LogP contribution in [0.1, 0.15) is 170 Å². The number of carbonyl (C=O) groups excluding carboxylic acids is 2. The Morgan fingerprint density at radius 1 is 0.426 bits per heavy atom. The van der Waals surface area contributed by atoms with Crippen molar-refractivity contribution in [3.05, 3.63) is 0 Å². The molecule has 0 aromatic heterocycles. The van der Waals surface area contributed by atoms with Crippen LogP contribution in [0.2, 0.25) is 12.1 Å². The summed E-state index contributed by atoms with van der Waals surface area (Å²) in [6.45, 7) is 17.2. The number of rotatable bonds is 36. The Hall–Kier alpha value is -1.27. The second-order valence-corrected chi connectivity index (χ2v) is 19.9. The summed E-state index contributed by atoms with van der Waals surface area (Å²) in [7, 11) is -5.02. The van der Waals surface area contributed by atoms with E-state index in [2.05, 4.69) is 21.3 Å². The number of amides is 4. The molecule has 0 bridgehead atoms. The summed E-state index contributed by atoms with van der Waals surface area (Å²) in [5.41, 5.74) is 0. The summed E-state index contributed by atoms with van der Waals surface area (Å²) in [6, 6.07) is 1.46. The summed E-state index contributed by atoms with van der Waals surface area (Å²) in [4.78, 5) is 25.3. The molecule has 1 rings (SSSR count). The molecule has 0 aliphatic heterocycles. The highest BCUT2D eigenvalue weighted by molar-refractivity contribution is 6.61. The molecular formula is C40H84N4O8Si2. The maximum Gasteiger partial charge on any atom is 0.500 e. The van der Waals surface area contributed by atoms with Gasteiger partial charge in [-0.2, -0.15) is 0 Å². The number of unbranched alkanes of at least 4 members (excludes halogenated alkanes) is 14. The van der Waals surface area contributed by atoms with Gasteiger partial charge in [0.2, 0.25) is 0 Å². The fraction of sp³-hybridized carbons (Fsp3) is 0.950. The maximum absolute atomic E-state index is 12.7. The number of hydrogen-bond acceptors (Lipinski definition) is 8. The third-order valence-corrected chi connectivity index (χ3v) is 16.3. The van der Waals surface area contributed by atoms with Crippen molar-refractivity contribution in [3.63, 3.8) is 0 Å². The van der Waals surface area contributed by atoms with Gasteiger partial charge in [0.1, 0.15) is 0 Å². The molecule has 0 heterocycles. The Morgan fingerprint density at radius 2 is 0.685 bits per heavy atom. The number of urea groups is 2. The van der Waals surface area contributed by atoms with E-state index in [1.54, 1.807) is 0 Å². The molecule has 1 saturated carbocycles. The van der Waals surface area contributed by atoms with Gasteiger partial charge >= 0.3 is 29.7 Å². The molecular weight excluding hydrogens is 721 g/mol. The normalized spacial score (nSPS) is 16.3. The minimum atomic E-state index is -2.51. The first-order valence-corrected chi connectivity index (χ1v) is 26.1. The molecule has 4 amide bonds. The molecule has 320 valence electrons. The highest BCUT2D eigenvalue weighted by Crippen LogP contribution is 2.23. The zero-order valence-electron chi connectivity index (χ0n) is 35.6. The van der Waals surface area contributed by atoms with Crippen molar-refractivity contribution in [1.29, 1.82) is 0 Å². The first-order chi connectivity index (χ1) is 26.3. The van der Waals surface area contributed by atoms with E-state index in [1.807, 2.05) is 41.5 Å². The highest BCUT2D eigenvalue weighted by atomic mass is 28.4. The number of nitrogens with one attached hydrogen (secondary N) is 4. The van der Waals surface area contributed by atoms with Gasteiger partial charge in [-0.25, -0.2) is 9.59 Å². The van der Waals surface area contributed by atoms with E-state index < -0.39 is 17.6 Å². The van der Waals surface area contributed by atoms with Crippen LogP contribution in [0.25, 0.3) is 0 Å². The Balaban J connectivity index is 2.10. The van der Waals surface area contributed by atoms with E-state index in [0.717, 1.165) is 76.3 Å². The fourth-order valence-electron chi connectivity index (χ4n) is 7.38. The lowest BCUT2D eigenvalue weighted by Crippen LogP contribution is -2.56. The predicted octanol–water partition coefficient (Wildman–Crippen LogP) is 9.23. The van der Waals surface area contributed by atoms with E-state index in [9.17, 15) is 9.59 Å². The van der Waals surface area contributed by atoms with Crippen molar-refractivity contribution in [2.45, 2.75) is 194 Å². The molecule has 1 aliphatic carbocycles. The maximum atomic E-state index is 12.7. The third-order valence-electron chi connectivity index (χ3n) is 9.98. The molecule has 0 aromatic carbocycles. The van der Waals surface area contributed by atoms with Crippen LogP contribution >= 0.6 is 0 Å². The summed E-state index contributed by atoms with van der Waals surface area (Å²) in [6.07, 6.45) is 22.3.